The molecule has 5 rings (SSSR count). The highest BCUT2D eigenvalue weighted by Crippen LogP contribution is 2.40. The van der Waals surface area contributed by atoms with Crippen LogP contribution in [0.15, 0.2) is 138 Å². The molecule has 1 N–H and O–H groups in total. The van der Waals surface area contributed by atoms with Gasteiger partial charge in [-0.2, -0.15) is 5.26 Å². The minimum atomic E-state index is -0.876. The van der Waals surface area contributed by atoms with Gasteiger partial charge in [-0.05, 0) is 47.7 Å². The summed E-state index contributed by atoms with van der Waals surface area (Å²) in [5.41, 5.74) is 5.28. The number of nitrogens with one attached hydrogen (secondary N) is 1. The summed E-state index contributed by atoms with van der Waals surface area (Å²) in [7, 11) is 0. The van der Waals surface area contributed by atoms with Crippen LogP contribution in [0.3, 0.4) is 0 Å². The van der Waals surface area contributed by atoms with Crippen LogP contribution < -0.4 is 5.32 Å². The molecule has 4 aromatic rings. The van der Waals surface area contributed by atoms with Crippen LogP contribution in [0.25, 0.3) is 0 Å². The van der Waals surface area contributed by atoms with E-state index in [0.29, 0.717) is 41.6 Å². The van der Waals surface area contributed by atoms with E-state index < -0.39 is 17.9 Å². The van der Waals surface area contributed by atoms with Crippen LogP contribution in [-0.2, 0) is 35.1 Å². The van der Waals surface area contributed by atoms with Crippen LogP contribution in [0, 0.1) is 11.3 Å². The van der Waals surface area contributed by atoms with Crippen LogP contribution >= 0.6 is 11.6 Å². The Morgan fingerprint density at radius 1 is 0.745 bits per heavy atom. The number of hydrogen-bond acceptors (Lipinski definition) is 8. The quantitative estimate of drug-likeness (QED) is 0.0871. The average molecular weight is 705 g/mol. The summed E-state index contributed by atoms with van der Waals surface area (Å²) in [4.78, 5) is 27.9. The van der Waals surface area contributed by atoms with Gasteiger partial charge >= 0.3 is 11.9 Å². The van der Waals surface area contributed by atoms with Gasteiger partial charge in [0, 0.05) is 16.6 Å². The number of esters is 2. The van der Waals surface area contributed by atoms with Gasteiger partial charge in [-0.25, -0.2) is 9.59 Å². The molecule has 9 heteroatoms. The summed E-state index contributed by atoms with van der Waals surface area (Å²) in [5.74, 6) is -2.12. The number of nitrogens with zero attached hydrogens (tertiary/aromatic N) is 1. The Hall–Kier alpha value is -5.20. The third-order valence-corrected chi connectivity index (χ3v) is 8.72. The number of carbonyl (C=O) groups is 2. The maximum atomic E-state index is 14.3. The number of halogens is 1. The number of benzene rings is 4. The van der Waals surface area contributed by atoms with Crippen LogP contribution in [0.4, 0.5) is 0 Å². The zero-order valence-electron chi connectivity index (χ0n) is 28.6. The Kier molecular flexibility index (Phi) is 14.0. The molecule has 51 heavy (non-hydrogen) atoms. The zero-order chi connectivity index (χ0) is 35.8. The highest BCUT2D eigenvalue weighted by atomic mass is 35.5. The Bertz CT molecular complexity index is 1820. The van der Waals surface area contributed by atoms with Crippen molar-refractivity contribution < 1.29 is 28.5 Å². The molecule has 1 atom stereocenters. The molecule has 1 unspecified atom stereocenters. The molecule has 0 spiro atoms. The van der Waals surface area contributed by atoms with Crippen molar-refractivity contribution in [1.29, 1.82) is 5.26 Å². The highest BCUT2D eigenvalue weighted by molar-refractivity contribution is 6.30. The Morgan fingerprint density at radius 3 is 1.96 bits per heavy atom. The number of dihydropyridines is 1. The van der Waals surface area contributed by atoms with Gasteiger partial charge in [0.1, 0.15) is 6.61 Å². The standard InChI is InChI=1S/C42H41ClN2O6/c1-30-38(41(46)50-23-12-22-44)39(34-19-11-20-35(43)27-34)40(37(45-30)29-49-26-25-48-28-31-13-5-2-6-14-31)42(47)51-24-21-36(32-15-7-3-8-16-32)33-17-9-4-10-18-33/h2-11,13-20,27,36,39,45H,12,21,23-26,28-29H2,1H3. The van der Waals surface area contributed by atoms with E-state index in [-0.39, 0.29) is 49.9 Å². The Morgan fingerprint density at radius 2 is 1.33 bits per heavy atom. The highest BCUT2D eigenvalue weighted by Gasteiger charge is 2.39. The molecule has 0 radical (unpaired) electrons. The molecular weight excluding hydrogens is 664 g/mol. The van der Waals surface area contributed by atoms with Crippen molar-refractivity contribution in [2.45, 2.75) is 38.2 Å². The molecule has 1 heterocycles. The van der Waals surface area contributed by atoms with Gasteiger partial charge < -0.3 is 24.3 Å². The monoisotopic (exact) mass is 704 g/mol. The lowest BCUT2D eigenvalue weighted by atomic mass is 9.80. The fourth-order valence-corrected chi connectivity index (χ4v) is 6.31. The SMILES string of the molecule is CC1=C(C(=O)OCCC#N)C(c2cccc(Cl)c2)C(C(=O)OCCC(c2ccccc2)c2ccccc2)=C(COCCOCc2ccccc2)N1. The smallest absolute Gasteiger partial charge is 0.336 e. The van der Waals surface area contributed by atoms with Gasteiger partial charge in [0.2, 0.25) is 0 Å². The lowest BCUT2D eigenvalue weighted by Gasteiger charge is -2.31. The number of rotatable bonds is 17. The fourth-order valence-electron chi connectivity index (χ4n) is 6.11. The maximum absolute atomic E-state index is 14.3. The molecule has 8 nitrogen and oxygen atoms in total. The maximum Gasteiger partial charge on any atom is 0.336 e. The third kappa shape index (κ3) is 10.4. The van der Waals surface area contributed by atoms with Crippen molar-refractivity contribution in [3.8, 4) is 6.07 Å². The summed E-state index contributed by atoms with van der Waals surface area (Å²) in [6.07, 6.45) is 0.568. The molecule has 1 aliphatic heterocycles. The van der Waals surface area contributed by atoms with Crippen molar-refractivity contribution in [1.82, 2.24) is 5.32 Å². The Labute approximate surface area is 304 Å². The van der Waals surface area contributed by atoms with Gasteiger partial charge in [0.05, 0.1) is 68.3 Å². The first-order valence-corrected chi connectivity index (χ1v) is 17.3. The molecule has 0 saturated carbocycles. The summed E-state index contributed by atoms with van der Waals surface area (Å²) in [6.45, 7) is 2.86. The fraction of sp³-hybridized carbons (Fsp3) is 0.262. The van der Waals surface area contributed by atoms with Crippen molar-refractivity contribution in [2.75, 3.05) is 33.0 Å². The number of allylic oxidation sites excluding steroid dienone is 1. The molecule has 0 fully saturated rings. The van der Waals surface area contributed by atoms with E-state index in [1.54, 1.807) is 25.1 Å². The number of ether oxygens (including phenoxy) is 4. The lowest BCUT2D eigenvalue weighted by molar-refractivity contribution is -0.140. The predicted octanol–water partition coefficient (Wildman–Crippen LogP) is 8.01. The second-order valence-electron chi connectivity index (χ2n) is 12.0. The minimum absolute atomic E-state index is 0.00566. The van der Waals surface area contributed by atoms with Gasteiger partial charge in [0.15, 0.2) is 0 Å². The molecule has 0 aromatic heterocycles. The molecule has 0 amide bonds. The first-order valence-electron chi connectivity index (χ1n) is 16.9. The lowest BCUT2D eigenvalue weighted by Crippen LogP contribution is -2.35. The summed E-state index contributed by atoms with van der Waals surface area (Å²) in [6, 6.07) is 39.1. The number of hydrogen-bond donors (Lipinski definition) is 1. The second-order valence-corrected chi connectivity index (χ2v) is 12.4. The van der Waals surface area contributed by atoms with Gasteiger partial charge in [-0.15, -0.1) is 0 Å². The first-order chi connectivity index (χ1) is 25.0. The van der Waals surface area contributed by atoms with Crippen molar-refractivity contribution in [3.05, 3.63) is 165 Å². The minimum Gasteiger partial charge on any atom is -0.462 e. The van der Waals surface area contributed by atoms with Gasteiger partial charge in [-0.3, -0.25) is 0 Å². The van der Waals surface area contributed by atoms with Crippen LogP contribution in [-0.4, -0.2) is 45.0 Å². The molecule has 0 saturated heterocycles. The normalized spacial score (nSPS) is 14.2. The van der Waals surface area contributed by atoms with E-state index in [9.17, 15) is 9.59 Å². The molecule has 0 bridgehead atoms. The number of carbonyl (C=O) groups excluding carboxylic acids is 2. The van der Waals surface area contributed by atoms with Crippen LogP contribution in [0.2, 0.25) is 5.02 Å². The molecule has 0 aliphatic carbocycles. The van der Waals surface area contributed by atoms with E-state index in [4.69, 9.17) is 35.8 Å². The molecular formula is C42H41ClN2O6. The van der Waals surface area contributed by atoms with Crippen LogP contribution in [0.1, 0.15) is 53.9 Å². The van der Waals surface area contributed by atoms with E-state index in [1.807, 2.05) is 78.9 Å². The predicted molar refractivity (Wildman–Crippen MR) is 195 cm³/mol. The topological polar surface area (TPSA) is 107 Å². The second kappa shape index (κ2) is 19.3. The summed E-state index contributed by atoms with van der Waals surface area (Å²) in [5, 5.41) is 12.7. The van der Waals surface area contributed by atoms with Crippen molar-refractivity contribution >= 4 is 23.5 Å². The van der Waals surface area contributed by atoms with Gasteiger partial charge in [0.25, 0.3) is 0 Å². The van der Waals surface area contributed by atoms with Gasteiger partial charge in [-0.1, -0.05) is 115 Å². The van der Waals surface area contributed by atoms with Crippen molar-refractivity contribution in [3.63, 3.8) is 0 Å². The molecule has 4 aromatic carbocycles. The Balaban J connectivity index is 1.40. The van der Waals surface area contributed by atoms with E-state index >= 15 is 0 Å². The first kappa shape index (κ1) is 37.1. The third-order valence-electron chi connectivity index (χ3n) is 8.49. The summed E-state index contributed by atoms with van der Waals surface area (Å²) < 4.78 is 23.4. The van der Waals surface area contributed by atoms with E-state index in [2.05, 4.69) is 29.6 Å². The van der Waals surface area contributed by atoms with E-state index in [1.165, 1.54) is 0 Å². The molecule has 262 valence electrons. The van der Waals surface area contributed by atoms with E-state index in [0.717, 1.165) is 16.7 Å². The zero-order valence-corrected chi connectivity index (χ0v) is 29.3. The molecule has 1 aliphatic rings. The number of nitriles is 1. The largest absolute Gasteiger partial charge is 0.462 e. The van der Waals surface area contributed by atoms with Crippen molar-refractivity contribution in [2.24, 2.45) is 0 Å². The summed E-state index contributed by atoms with van der Waals surface area (Å²) >= 11 is 6.45. The average Bonchev–Trinajstić information content (AvgIpc) is 3.15. The van der Waals surface area contributed by atoms with Crippen LogP contribution in [0.5, 0.6) is 0 Å².